The minimum atomic E-state index is -1.15. The summed E-state index contributed by atoms with van der Waals surface area (Å²) < 4.78 is 0. The lowest BCUT2D eigenvalue weighted by Gasteiger charge is -2.26. The van der Waals surface area contributed by atoms with Gasteiger partial charge >= 0.3 is 5.97 Å². The molecule has 0 heterocycles. The molecule has 0 aliphatic rings. The topological polar surface area (TPSA) is 57.5 Å². The van der Waals surface area contributed by atoms with E-state index in [4.69, 9.17) is 5.11 Å². The van der Waals surface area contributed by atoms with E-state index in [0.717, 1.165) is 0 Å². The summed E-state index contributed by atoms with van der Waals surface area (Å²) in [5.74, 6) is -1.00. The summed E-state index contributed by atoms with van der Waals surface area (Å²) >= 11 is 0. The molecule has 0 aliphatic heterocycles. The monoisotopic (exact) mass is 198 g/mol. The maximum absolute atomic E-state index is 10.8. The van der Waals surface area contributed by atoms with Gasteiger partial charge in [0.25, 0.3) is 0 Å². The van der Waals surface area contributed by atoms with E-state index in [1.54, 1.807) is 19.1 Å². The van der Waals surface area contributed by atoms with Crippen molar-refractivity contribution in [3.05, 3.63) is 23.8 Å². The van der Waals surface area contributed by atoms with Gasteiger partial charge in [-0.2, -0.15) is 0 Å². The minimum Gasteiger partial charge on any atom is -0.481 e. The van der Waals surface area contributed by atoms with Crippen molar-refractivity contribution >= 4 is 5.97 Å². The van der Waals surface area contributed by atoms with Crippen molar-refractivity contribution < 1.29 is 15.0 Å². The molecule has 0 rings (SSSR count). The molecule has 0 spiro atoms. The third-order valence-electron chi connectivity index (χ3n) is 2.22. The summed E-state index contributed by atoms with van der Waals surface area (Å²) in [6.45, 7) is 6.59. The van der Waals surface area contributed by atoms with Gasteiger partial charge in [-0.05, 0) is 33.3 Å². The highest BCUT2D eigenvalue weighted by Crippen LogP contribution is 2.25. The lowest BCUT2D eigenvalue weighted by Crippen LogP contribution is -2.37. The van der Waals surface area contributed by atoms with Crippen LogP contribution in [0.4, 0.5) is 0 Å². The maximum Gasteiger partial charge on any atom is 0.312 e. The second-order valence-electron chi connectivity index (χ2n) is 3.87. The van der Waals surface area contributed by atoms with Gasteiger partial charge in [-0.3, -0.25) is 4.79 Å². The molecule has 0 unspecified atom stereocenters. The van der Waals surface area contributed by atoms with Crippen molar-refractivity contribution in [1.29, 1.82) is 0 Å². The Bertz CT molecular complexity index is 262. The molecule has 0 saturated carbocycles. The van der Waals surface area contributed by atoms with Crippen LogP contribution in [0, 0.1) is 5.41 Å². The van der Waals surface area contributed by atoms with Crippen LogP contribution in [0.25, 0.3) is 0 Å². The Morgan fingerprint density at radius 3 is 2.29 bits per heavy atom. The molecule has 0 bridgehead atoms. The predicted molar refractivity (Wildman–Crippen MR) is 56.0 cm³/mol. The average Bonchev–Trinajstić information content (AvgIpc) is 2.12. The van der Waals surface area contributed by atoms with Crippen LogP contribution in [0.3, 0.4) is 0 Å². The number of hydrogen-bond donors (Lipinski definition) is 2. The highest BCUT2D eigenvalue weighted by atomic mass is 16.4. The second kappa shape index (κ2) is 4.96. The molecule has 1 atom stereocenters. The van der Waals surface area contributed by atoms with Gasteiger partial charge in [0, 0.05) is 0 Å². The first kappa shape index (κ1) is 12.9. The highest BCUT2D eigenvalue weighted by Gasteiger charge is 2.36. The van der Waals surface area contributed by atoms with Crippen molar-refractivity contribution in [1.82, 2.24) is 0 Å². The Morgan fingerprint density at radius 2 is 1.93 bits per heavy atom. The van der Waals surface area contributed by atoms with E-state index in [-0.39, 0.29) is 0 Å². The van der Waals surface area contributed by atoms with E-state index in [2.05, 4.69) is 0 Å². The zero-order chi connectivity index (χ0) is 11.4. The summed E-state index contributed by atoms with van der Waals surface area (Å²) in [5, 5.41) is 18.6. The Kier molecular flexibility index (Phi) is 4.57. The first-order chi connectivity index (χ1) is 6.34. The molecule has 0 amide bonds. The highest BCUT2D eigenvalue weighted by molar-refractivity contribution is 5.75. The normalized spacial score (nSPS) is 15.9. The number of aliphatic hydroxyl groups is 1. The number of carboxylic acids is 1. The van der Waals surface area contributed by atoms with Crippen LogP contribution in [0.2, 0.25) is 0 Å². The van der Waals surface area contributed by atoms with Crippen molar-refractivity contribution in [2.75, 3.05) is 0 Å². The second-order valence-corrected chi connectivity index (χ2v) is 3.87. The van der Waals surface area contributed by atoms with E-state index in [9.17, 15) is 9.90 Å². The third-order valence-corrected chi connectivity index (χ3v) is 2.22. The van der Waals surface area contributed by atoms with Crippen molar-refractivity contribution in [2.45, 2.75) is 33.8 Å². The Hall–Kier alpha value is -1.09. The Labute approximate surface area is 84.8 Å². The summed E-state index contributed by atoms with van der Waals surface area (Å²) in [5.41, 5.74) is -0.502. The largest absolute Gasteiger partial charge is 0.481 e. The molecule has 0 saturated heterocycles. The maximum atomic E-state index is 10.8. The van der Waals surface area contributed by atoms with Gasteiger partial charge in [-0.25, -0.2) is 0 Å². The molecular formula is C11H18O3. The number of aliphatic hydroxyl groups excluding tert-OH is 1. The lowest BCUT2D eigenvalue weighted by atomic mass is 9.83. The van der Waals surface area contributed by atoms with Gasteiger partial charge in [0.15, 0.2) is 0 Å². The fourth-order valence-electron chi connectivity index (χ4n) is 1.03. The minimum absolute atomic E-state index is 0.649. The molecule has 0 radical (unpaired) electrons. The summed E-state index contributed by atoms with van der Waals surface area (Å²) in [7, 11) is 0. The van der Waals surface area contributed by atoms with E-state index in [0.29, 0.717) is 5.57 Å². The predicted octanol–water partition coefficient (Wildman–Crippen LogP) is 1.98. The molecule has 3 nitrogen and oxygen atoms in total. The number of allylic oxidation sites excluding steroid dienone is 3. The zero-order valence-corrected chi connectivity index (χ0v) is 9.11. The third kappa shape index (κ3) is 3.00. The average molecular weight is 198 g/mol. The molecule has 14 heavy (non-hydrogen) atoms. The van der Waals surface area contributed by atoms with Crippen LogP contribution in [0.5, 0.6) is 0 Å². The van der Waals surface area contributed by atoms with Gasteiger partial charge < -0.3 is 10.2 Å². The van der Waals surface area contributed by atoms with Gasteiger partial charge in [0.1, 0.15) is 0 Å². The molecule has 0 fully saturated rings. The van der Waals surface area contributed by atoms with Crippen LogP contribution in [0.1, 0.15) is 27.7 Å². The van der Waals surface area contributed by atoms with E-state index in [1.807, 2.05) is 13.0 Å². The zero-order valence-electron chi connectivity index (χ0n) is 9.11. The van der Waals surface area contributed by atoms with Crippen molar-refractivity contribution in [2.24, 2.45) is 5.41 Å². The standard InChI is InChI=1S/C11H18O3/c1-5-6-7-8(2)9(12)11(3,4)10(13)14/h5-7,9,12H,1-4H3,(H,13,14)/b6-5+,8-7+/t9-/m0/s1. The van der Waals surface area contributed by atoms with Crippen LogP contribution in [0.15, 0.2) is 23.8 Å². The SMILES string of the molecule is C/C=C/C=C(\C)[C@H](O)C(C)(C)C(=O)O. The van der Waals surface area contributed by atoms with E-state index in [1.165, 1.54) is 13.8 Å². The Morgan fingerprint density at radius 1 is 1.43 bits per heavy atom. The molecule has 2 N–H and O–H groups in total. The first-order valence-corrected chi connectivity index (χ1v) is 4.55. The molecule has 80 valence electrons. The van der Waals surface area contributed by atoms with E-state index < -0.39 is 17.5 Å². The van der Waals surface area contributed by atoms with Crippen molar-refractivity contribution in [3.8, 4) is 0 Å². The number of aliphatic carboxylic acids is 1. The van der Waals surface area contributed by atoms with Gasteiger partial charge in [-0.1, -0.05) is 18.2 Å². The van der Waals surface area contributed by atoms with Crippen LogP contribution < -0.4 is 0 Å². The Balaban J connectivity index is 4.77. The summed E-state index contributed by atoms with van der Waals surface area (Å²) in [6, 6.07) is 0. The first-order valence-electron chi connectivity index (χ1n) is 4.55. The smallest absolute Gasteiger partial charge is 0.312 e. The van der Waals surface area contributed by atoms with Gasteiger partial charge in [0.05, 0.1) is 11.5 Å². The van der Waals surface area contributed by atoms with Gasteiger partial charge in [-0.15, -0.1) is 0 Å². The van der Waals surface area contributed by atoms with Gasteiger partial charge in [0.2, 0.25) is 0 Å². The number of carboxylic acid groups (broad SMARTS) is 1. The fourth-order valence-corrected chi connectivity index (χ4v) is 1.03. The molecule has 0 aromatic heterocycles. The van der Waals surface area contributed by atoms with Crippen LogP contribution in [-0.4, -0.2) is 22.3 Å². The molecular weight excluding hydrogens is 180 g/mol. The molecule has 3 heteroatoms. The quantitative estimate of drug-likeness (QED) is 0.679. The fraction of sp³-hybridized carbons (Fsp3) is 0.545. The van der Waals surface area contributed by atoms with Crippen molar-refractivity contribution in [3.63, 3.8) is 0 Å². The molecule has 0 aliphatic carbocycles. The number of hydrogen-bond acceptors (Lipinski definition) is 2. The summed E-state index contributed by atoms with van der Waals surface area (Å²) in [4.78, 5) is 10.8. The summed E-state index contributed by atoms with van der Waals surface area (Å²) in [6.07, 6.45) is 4.35. The van der Waals surface area contributed by atoms with Crippen LogP contribution in [-0.2, 0) is 4.79 Å². The molecule has 0 aromatic rings. The number of rotatable bonds is 4. The molecule has 0 aromatic carbocycles. The van der Waals surface area contributed by atoms with E-state index >= 15 is 0 Å². The number of carbonyl (C=O) groups is 1. The van der Waals surface area contributed by atoms with Crippen LogP contribution >= 0.6 is 0 Å². The lowest BCUT2D eigenvalue weighted by molar-refractivity contribution is -0.151.